The summed E-state index contributed by atoms with van der Waals surface area (Å²) in [6.07, 6.45) is 6.43. The van der Waals surface area contributed by atoms with Gasteiger partial charge in [-0.3, -0.25) is 0 Å². The Morgan fingerprint density at radius 1 is 0.963 bits per heavy atom. The van der Waals surface area contributed by atoms with Crippen LogP contribution in [0.1, 0.15) is 37.2 Å². The average molecular weight is 401 g/mol. The Hall–Kier alpha value is -1.40. The third-order valence-corrected chi connectivity index (χ3v) is 7.12. The molecule has 0 heterocycles. The molecule has 0 saturated heterocycles. The Balaban J connectivity index is 2.21. The highest BCUT2D eigenvalue weighted by Gasteiger charge is 2.30. The van der Waals surface area contributed by atoms with E-state index in [0.29, 0.717) is 5.92 Å². The van der Waals surface area contributed by atoms with Crippen LogP contribution in [-0.2, 0) is 9.53 Å². The van der Waals surface area contributed by atoms with Crippen molar-refractivity contribution in [2.75, 3.05) is 0 Å². The first-order valence-corrected chi connectivity index (χ1v) is 17.4. The Kier molecular flexibility index (Phi) is 7.46. The molecule has 2 nitrogen and oxygen atoms in total. The predicted molar refractivity (Wildman–Crippen MR) is 121 cm³/mol. The van der Waals surface area contributed by atoms with Gasteiger partial charge < -0.3 is 4.74 Å². The van der Waals surface area contributed by atoms with E-state index < -0.39 is 16.1 Å². The van der Waals surface area contributed by atoms with E-state index in [2.05, 4.69) is 74.9 Å². The van der Waals surface area contributed by atoms with E-state index in [9.17, 15) is 4.79 Å². The lowest BCUT2D eigenvalue weighted by Crippen LogP contribution is -2.30. The highest BCUT2D eigenvalue weighted by Crippen LogP contribution is 2.35. The van der Waals surface area contributed by atoms with Crippen LogP contribution < -0.4 is 0 Å². The standard InChI is InChI=1S/C23H36O2Si2/c1-26(2,3)17-16-20(18-27(4,5)6)23(24)25-22-15-11-10-14-21(22)19-12-8-7-9-13-19/h7-9,12-13,16-18,21-22H,10-11,14-15H2,1-6H3/b17-16+,20-18-/t21-,22+/m1/s1. The fourth-order valence-electron chi connectivity index (χ4n) is 3.51. The van der Waals surface area contributed by atoms with Crippen LogP contribution in [0.4, 0.5) is 0 Å². The Morgan fingerprint density at radius 3 is 2.19 bits per heavy atom. The van der Waals surface area contributed by atoms with Crippen molar-refractivity contribution in [3.8, 4) is 0 Å². The zero-order chi connectivity index (χ0) is 20.1. The fourth-order valence-corrected chi connectivity index (χ4v) is 5.33. The van der Waals surface area contributed by atoms with Crippen LogP contribution in [-0.4, -0.2) is 28.2 Å². The number of ether oxygens (including phenoxy) is 1. The first kappa shape index (κ1) is 21.9. The summed E-state index contributed by atoms with van der Waals surface area (Å²) >= 11 is 0. The molecule has 148 valence electrons. The summed E-state index contributed by atoms with van der Waals surface area (Å²) < 4.78 is 6.11. The Morgan fingerprint density at radius 2 is 1.59 bits per heavy atom. The lowest BCUT2D eigenvalue weighted by molar-refractivity contribution is -0.146. The van der Waals surface area contributed by atoms with E-state index in [0.717, 1.165) is 24.8 Å². The molecule has 4 heteroatoms. The number of rotatable bonds is 6. The molecule has 0 N–H and O–H groups in total. The summed E-state index contributed by atoms with van der Waals surface area (Å²) in [6.45, 7) is 13.6. The molecule has 1 fully saturated rings. The second kappa shape index (κ2) is 9.20. The van der Waals surface area contributed by atoms with Crippen molar-refractivity contribution in [3.63, 3.8) is 0 Å². The van der Waals surface area contributed by atoms with Gasteiger partial charge in [-0.2, -0.15) is 0 Å². The van der Waals surface area contributed by atoms with Gasteiger partial charge in [0.05, 0.1) is 21.7 Å². The van der Waals surface area contributed by atoms with Crippen molar-refractivity contribution in [1.29, 1.82) is 0 Å². The minimum Gasteiger partial charge on any atom is -0.458 e. The first-order valence-electron chi connectivity index (χ1n) is 10.2. The number of hydrogen-bond donors (Lipinski definition) is 0. The van der Waals surface area contributed by atoms with Crippen LogP contribution in [0.3, 0.4) is 0 Å². The van der Waals surface area contributed by atoms with Crippen LogP contribution in [0.15, 0.2) is 53.4 Å². The van der Waals surface area contributed by atoms with Crippen molar-refractivity contribution in [2.45, 2.75) is 77.0 Å². The second-order valence-electron chi connectivity index (χ2n) is 9.91. The summed E-state index contributed by atoms with van der Waals surface area (Å²) in [5, 5.41) is 0. The summed E-state index contributed by atoms with van der Waals surface area (Å²) in [5.41, 5.74) is 6.49. The largest absolute Gasteiger partial charge is 0.458 e. The van der Waals surface area contributed by atoms with E-state index in [1.165, 1.54) is 12.0 Å². The molecular weight excluding hydrogens is 364 g/mol. The van der Waals surface area contributed by atoms with Gasteiger partial charge in [-0.1, -0.05) is 93.5 Å². The van der Waals surface area contributed by atoms with Crippen LogP contribution in [0.2, 0.25) is 39.3 Å². The second-order valence-corrected chi connectivity index (χ2v) is 20.0. The van der Waals surface area contributed by atoms with Crippen molar-refractivity contribution < 1.29 is 9.53 Å². The van der Waals surface area contributed by atoms with Crippen LogP contribution >= 0.6 is 0 Å². The van der Waals surface area contributed by atoms with E-state index in [4.69, 9.17) is 4.74 Å². The predicted octanol–water partition coefficient (Wildman–Crippen LogP) is 6.49. The molecule has 0 radical (unpaired) electrons. The maximum atomic E-state index is 13.1. The maximum Gasteiger partial charge on any atom is 0.337 e. The zero-order valence-electron chi connectivity index (χ0n) is 17.9. The number of carbonyl (C=O) groups excluding carboxylic acids is 1. The molecule has 2 atom stereocenters. The lowest BCUT2D eigenvalue weighted by atomic mass is 9.81. The SMILES string of the molecule is C[Si](C)(C)/C=C(/C=C/[Si](C)(C)C)C(=O)O[C@H]1CCCC[C@@H]1c1ccccc1. The van der Waals surface area contributed by atoms with E-state index in [1.54, 1.807) is 0 Å². The number of hydrogen-bond acceptors (Lipinski definition) is 2. The van der Waals surface area contributed by atoms with Gasteiger partial charge in [-0.15, -0.1) is 0 Å². The summed E-state index contributed by atoms with van der Waals surface area (Å²) in [7, 11) is -2.90. The lowest BCUT2D eigenvalue weighted by Gasteiger charge is -2.31. The molecule has 27 heavy (non-hydrogen) atoms. The van der Waals surface area contributed by atoms with Crippen LogP contribution in [0.25, 0.3) is 0 Å². The number of esters is 1. The van der Waals surface area contributed by atoms with Crippen molar-refractivity contribution in [2.24, 2.45) is 0 Å². The number of benzene rings is 1. The van der Waals surface area contributed by atoms with Crippen molar-refractivity contribution >= 4 is 22.1 Å². The van der Waals surface area contributed by atoms with Gasteiger partial charge in [0.15, 0.2) is 0 Å². The number of carbonyl (C=O) groups is 1. The van der Waals surface area contributed by atoms with Gasteiger partial charge in [-0.05, 0) is 24.8 Å². The average Bonchev–Trinajstić information content (AvgIpc) is 2.58. The van der Waals surface area contributed by atoms with Gasteiger partial charge in [0.2, 0.25) is 0 Å². The third-order valence-electron chi connectivity index (χ3n) is 4.78. The molecule has 1 aliphatic rings. The normalized spacial score (nSPS) is 22.1. The molecule has 1 aliphatic carbocycles. The highest BCUT2D eigenvalue weighted by atomic mass is 28.3. The molecule has 0 spiro atoms. The van der Waals surface area contributed by atoms with Crippen molar-refractivity contribution in [3.05, 3.63) is 58.9 Å². The van der Waals surface area contributed by atoms with E-state index >= 15 is 0 Å². The third kappa shape index (κ3) is 7.62. The summed E-state index contributed by atoms with van der Waals surface area (Å²) in [6, 6.07) is 10.5. The molecule has 1 aromatic carbocycles. The highest BCUT2D eigenvalue weighted by molar-refractivity contribution is 6.82. The van der Waals surface area contributed by atoms with Gasteiger partial charge in [-0.25, -0.2) is 4.79 Å². The van der Waals surface area contributed by atoms with E-state index in [-0.39, 0.29) is 12.1 Å². The van der Waals surface area contributed by atoms with Gasteiger partial charge in [0.25, 0.3) is 0 Å². The molecule has 1 saturated carbocycles. The van der Waals surface area contributed by atoms with Crippen LogP contribution in [0.5, 0.6) is 0 Å². The van der Waals surface area contributed by atoms with Crippen molar-refractivity contribution in [1.82, 2.24) is 0 Å². The summed E-state index contributed by atoms with van der Waals surface area (Å²) in [5.74, 6) is 0.178. The first-order chi connectivity index (χ1) is 12.6. The molecule has 0 unspecified atom stereocenters. The quantitative estimate of drug-likeness (QED) is 0.236. The zero-order valence-corrected chi connectivity index (χ0v) is 19.9. The van der Waals surface area contributed by atoms with Gasteiger partial charge >= 0.3 is 5.97 Å². The van der Waals surface area contributed by atoms with Crippen LogP contribution in [0, 0.1) is 0 Å². The molecule has 2 rings (SSSR count). The topological polar surface area (TPSA) is 26.3 Å². The molecule has 0 amide bonds. The minimum atomic E-state index is -1.52. The molecule has 0 aliphatic heterocycles. The Labute approximate surface area is 167 Å². The summed E-state index contributed by atoms with van der Waals surface area (Å²) in [4.78, 5) is 13.1. The van der Waals surface area contributed by atoms with E-state index in [1.807, 2.05) is 12.1 Å². The van der Waals surface area contributed by atoms with Gasteiger partial charge in [0, 0.05) is 5.92 Å². The monoisotopic (exact) mass is 400 g/mol. The fraction of sp³-hybridized carbons (Fsp3) is 0.522. The van der Waals surface area contributed by atoms with Gasteiger partial charge in [0.1, 0.15) is 6.10 Å². The smallest absolute Gasteiger partial charge is 0.337 e. The maximum absolute atomic E-state index is 13.1. The minimum absolute atomic E-state index is 0.0148. The molecular formula is C23H36O2Si2. The molecule has 0 bridgehead atoms. The Bertz CT molecular complexity index is 679. The molecule has 0 aromatic heterocycles. The molecule has 1 aromatic rings.